The molecule has 0 atom stereocenters. The van der Waals surface area contributed by atoms with Gasteiger partial charge in [-0.25, -0.2) is 4.98 Å². The zero-order valence-corrected chi connectivity index (χ0v) is 21.4. The first-order chi connectivity index (χ1) is 17.2. The van der Waals surface area contributed by atoms with Crippen LogP contribution in [0.1, 0.15) is 92.0 Å². The topological polar surface area (TPSA) is 55.3 Å². The van der Waals surface area contributed by atoms with Crippen LogP contribution in [0.3, 0.4) is 0 Å². The van der Waals surface area contributed by atoms with Gasteiger partial charge in [-0.3, -0.25) is 9.78 Å². The Balaban J connectivity index is 1.04. The smallest absolute Gasteiger partial charge is 0.213 e. The number of carbonyl (C=O) groups excluding carboxylic acids is 1. The zero-order valence-electron chi connectivity index (χ0n) is 21.4. The van der Waals surface area contributed by atoms with Crippen LogP contribution in [0, 0.1) is 11.8 Å². The van der Waals surface area contributed by atoms with Gasteiger partial charge in [0, 0.05) is 49.5 Å². The summed E-state index contributed by atoms with van der Waals surface area (Å²) < 4.78 is 6.03. The van der Waals surface area contributed by atoms with Crippen molar-refractivity contribution in [2.75, 3.05) is 19.6 Å². The number of nitrogens with zero attached hydrogens (tertiary/aromatic N) is 3. The fourth-order valence-electron chi connectivity index (χ4n) is 5.99. The molecule has 2 fully saturated rings. The highest BCUT2D eigenvalue weighted by Crippen LogP contribution is 2.34. The number of ether oxygens (including phenoxy) is 1. The minimum atomic E-state index is 0.289. The van der Waals surface area contributed by atoms with E-state index in [0.717, 1.165) is 55.4 Å². The van der Waals surface area contributed by atoms with E-state index in [0.29, 0.717) is 18.4 Å². The molecule has 3 aliphatic rings. The molecule has 0 N–H and O–H groups in total. The maximum absolute atomic E-state index is 12.9. The molecule has 2 aromatic heterocycles. The SMILES string of the molecule is CCc1ncccc1C(=O)CC1CCC(CCN2CCc3ccc(OC4CCC4)nc3CC2)CC1. The summed E-state index contributed by atoms with van der Waals surface area (Å²) in [6.07, 6.45) is 15.7. The molecule has 0 saturated heterocycles. The number of hydrogen-bond donors (Lipinski definition) is 0. The molecular weight excluding hydrogens is 434 g/mol. The van der Waals surface area contributed by atoms with Crippen LogP contribution in [-0.4, -0.2) is 46.4 Å². The largest absolute Gasteiger partial charge is 0.474 e. The third kappa shape index (κ3) is 6.30. The Morgan fingerprint density at radius 2 is 1.83 bits per heavy atom. The van der Waals surface area contributed by atoms with Gasteiger partial charge < -0.3 is 9.64 Å². The van der Waals surface area contributed by atoms with Gasteiger partial charge in [-0.2, -0.15) is 0 Å². The average Bonchev–Trinajstić information content (AvgIpc) is 3.07. The van der Waals surface area contributed by atoms with Crippen molar-refractivity contribution in [2.24, 2.45) is 11.8 Å². The molecule has 0 unspecified atom stereocenters. The summed E-state index contributed by atoms with van der Waals surface area (Å²) in [6.45, 7) is 5.49. The molecule has 188 valence electrons. The van der Waals surface area contributed by atoms with E-state index in [-0.39, 0.29) is 5.78 Å². The van der Waals surface area contributed by atoms with E-state index in [1.165, 1.54) is 69.2 Å². The molecule has 2 saturated carbocycles. The maximum atomic E-state index is 12.9. The van der Waals surface area contributed by atoms with Crippen LogP contribution in [0.15, 0.2) is 30.5 Å². The first-order valence-corrected chi connectivity index (χ1v) is 14.0. The predicted molar refractivity (Wildman–Crippen MR) is 139 cm³/mol. The van der Waals surface area contributed by atoms with E-state index in [2.05, 4.69) is 28.9 Å². The lowest BCUT2D eigenvalue weighted by Crippen LogP contribution is -2.29. The summed E-state index contributed by atoms with van der Waals surface area (Å²) in [5, 5.41) is 0. The number of carbonyl (C=O) groups is 1. The maximum Gasteiger partial charge on any atom is 0.213 e. The normalized spacial score (nSPS) is 23.2. The highest BCUT2D eigenvalue weighted by Gasteiger charge is 2.25. The standard InChI is InChI=1S/C30H41N3O2/c1-2-27-26(7-4-17-31-27)29(34)21-23-10-8-22(9-11-23)14-18-33-19-15-24-12-13-30(32-28(24)16-20-33)35-25-5-3-6-25/h4,7,12-13,17,22-23,25H,2-3,5-6,8-11,14-16,18-21H2,1H3. The lowest BCUT2D eigenvalue weighted by molar-refractivity contribution is 0.0938. The molecule has 2 aromatic rings. The lowest BCUT2D eigenvalue weighted by Gasteiger charge is -2.30. The Labute approximate surface area is 210 Å². The number of aromatic nitrogens is 2. The van der Waals surface area contributed by atoms with E-state index < -0.39 is 0 Å². The van der Waals surface area contributed by atoms with Gasteiger partial charge in [0.15, 0.2) is 5.78 Å². The molecule has 0 aromatic carbocycles. The summed E-state index contributed by atoms with van der Waals surface area (Å²) in [7, 11) is 0. The molecule has 0 bridgehead atoms. The van der Waals surface area contributed by atoms with E-state index in [1.807, 2.05) is 12.1 Å². The fraction of sp³-hybridized carbons (Fsp3) is 0.633. The summed E-state index contributed by atoms with van der Waals surface area (Å²) in [5.74, 6) is 2.46. The van der Waals surface area contributed by atoms with E-state index in [9.17, 15) is 4.79 Å². The highest BCUT2D eigenvalue weighted by atomic mass is 16.5. The van der Waals surface area contributed by atoms with Crippen LogP contribution in [0.25, 0.3) is 0 Å². The summed E-state index contributed by atoms with van der Waals surface area (Å²) >= 11 is 0. The molecule has 2 aliphatic carbocycles. The monoisotopic (exact) mass is 475 g/mol. The summed E-state index contributed by atoms with van der Waals surface area (Å²) in [5.41, 5.74) is 4.44. The summed E-state index contributed by atoms with van der Waals surface area (Å²) in [4.78, 5) is 24.8. The Hall–Kier alpha value is -2.27. The number of fused-ring (bicyclic) bond motifs is 1. The van der Waals surface area contributed by atoms with Gasteiger partial charge in [0.2, 0.25) is 5.88 Å². The Morgan fingerprint density at radius 3 is 2.60 bits per heavy atom. The molecule has 3 heterocycles. The number of rotatable bonds is 9. The first kappa shape index (κ1) is 24.4. The van der Waals surface area contributed by atoms with Crippen LogP contribution in [0.5, 0.6) is 5.88 Å². The van der Waals surface area contributed by atoms with Crippen molar-refractivity contribution < 1.29 is 9.53 Å². The van der Waals surface area contributed by atoms with E-state index in [1.54, 1.807) is 6.20 Å². The van der Waals surface area contributed by atoms with Crippen molar-refractivity contribution in [2.45, 2.75) is 90.1 Å². The second-order valence-electron chi connectivity index (χ2n) is 10.9. The summed E-state index contributed by atoms with van der Waals surface area (Å²) in [6, 6.07) is 8.17. The fourth-order valence-corrected chi connectivity index (χ4v) is 5.99. The van der Waals surface area contributed by atoms with Gasteiger partial charge in [0.1, 0.15) is 6.10 Å². The molecule has 0 spiro atoms. The number of ketones is 1. The van der Waals surface area contributed by atoms with Crippen LogP contribution in [0.4, 0.5) is 0 Å². The van der Waals surface area contributed by atoms with Gasteiger partial charge in [0.05, 0.1) is 5.69 Å². The van der Waals surface area contributed by atoms with E-state index >= 15 is 0 Å². The van der Waals surface area contributed by atoms with E-state index in [4.69, 9.17) is 9.72 Å². The number of aryl methyl sites for hydroxylation is 1. The van der Waals surface area contributed by atoms with Crippen LogP contribution >= 0.6 is 0 Å². The lowest BCUT2D eigenvalue weighted by atomic mass is 9.78. The Kier molecular flexibility index (Phi) is 8.13. The Bertz CT molecular complexity index is 995. The van der Waals surface area contributed by atoms with Gasteiger partial charge in [0.25, 0.3) is 0 Å². The second kappa shape index (κ2) is 11.6. The van der Waals surface area contributed by atoms with Crippen molar-refractivity contribution in [3.63, 3.8) is 0 Å². The van der Waals surface area contributed by atoms with Crippen LogP contribution in [-0.2, 0) is 19.3 Å². The van der Waals surface area contributed by atoms with Crippen molar-refractivity contribution in [3.8, 4) is 5.88 Å². The zero-order chi connectivity index (χ0) is 24.0. The van der Waals surface area contributed by atoms with Crippen LogP contribution < -0.4 is 4.74 Å². The number of Topliss-reactive ketones (excluding diaryl/α,β-unsaturated/α-hetero) is 1. The first-order valence-electron chi connectivity index (χ1n) is 14.0. The third-order valence-corrected chi connectivity index (χ3v) is 8.56. The Morgan fingerprint density at radius 1 is 1.03 bits per heavy atom. The molecule has 0 radical (unpaired) electrons. The molecule has 5 nitrogen and oxygen atoms in total. The second-order valence-corrected chi connectivity index (χ2v) is 10.9. The number of pyridine rings is 2. The average molecular weight is 476 g/mol. The third-order valence-electron chi connectivity index (χ3n) is 8.56. The molecule has 5 rings (SSSR count). The predicted octanol–water partition coefficient (Wildman–Crippen LogP) is 5.84. The number of hydrogen-bond acceptors (Lipinski definition) is 5. The van der Waals surface area contributed by atoms with Crippen molar-refractivity contribution in [1.29, 1.82) is 0 Å². The van der Waals surface area contributed by atoms with Crippen molar-refractivity contribution >= 4 is 5.78 Å². The molecule has 0 amide bonds. The van der Waals surface area contributed by atoms with Crippen LogP contribution in [0.2, 0.25) is 0 Å². The van der Waals surface area contributed by atoms with Gasteiger partial charge >= 0.3 is 0 Å². The molecule has 35 heavy (non-hydrogen) atoms. The molecular formula is C30H41N3O2. The van der Waals surface area contributed by atoms with Gasteiger partial charge in [-0.1, -0.05) is 25.8 Å². The minimum absolute atomic E-state index is 0.289. The quantitative estimate of drug-likeness (QED) is 0.427. The van der Waals surface area contributed by atoms with Gasteiger partial charge in [-0.15, -0.1) is 0 Å². The molecule has 5 heteroatoms. The highest BCUT2D eigenvalue weighted by molar-refractivity contribution is 5.97. The van der Waals surface area contributed by atoms with Crippen molar-refractivity contribution in [3.05, 3.63) is 53.0 Å². The van der Waals surface area contributed by atoms with Crippen molar-refractivity contribution in [1.82, 2.24) is 14.9 Å². The minimum Gasteiger partial charge on any atom is -0.474 e. The molecule has 1 aliphatic heterocycles. The van der Waals surface area contributed by atoms with Gasteiger partial charge in [-0.05, 0) is 87.4 Å².